The van der Waals surface area contributed by atoms with E-state index in [1.54, 1.807) is 0 Å². The van der Waals surface area contributed by atoms with E-state index in [2.05, 4.69) is 23.2 Å². The van der Waals surface area contributed by atoms with E-state index in [0.29, 0.717) is 0 Å². The van der Waals surface area contributed by atoms with Gasteiger partial charge in [0.15, 0.2) is 0 Å². The molecule has 1 atom stereocenters. The third-order valence-corrected chi connectivity index (χ3v) is 4.00. The Morgan fingerprint density at radius 2 is 2.29 bits per heavy atom. The highest BCUT2D eigenvalue weighted by Gasteiger charge is 2.40. The summed E-state index contributed by atoms with van der Waals surface area (Å²) in [4.78, 5) is 4.27. The molecule has 72 valence electrons. The highest BCUT2D eigenvalue weighted by molar-refractivity contribution is 8.00. The third-order valence-electron chi connectivity index (χ3n) is 2.66. The Morgan fingerprint density at radius 3 is 3.14 bits per heavy atom. The Hall–Kier alpha value is -0.800. The van der Waals surface area contributed by atoms with Crippen molar-refractivity contribution in [3.05, 3.63) is 29.8 Å². The molecule has 1 aromatic rings. The van der Waals surface area contributed by atoms with E-state index in [1.807, 2.05) is 24.0 Å². The number of hydrogen-bond donors (Lipinski definition) is 0. The van der Waals surface area contributed by atoms with Crippen LogP contribution in [-0.2, 0) is 9.67 Å². The summed E-state index contributed by atoms with van der Waals surface area (Å²) in [6.07, 6.45) is 2.87. The fourth-order valence-electron chi connectivity index (χ4n) is 2.01. The van der Waals surface area contributed by atoms with Crippen molar-refractivity contribution < 1.29 is 4.74 Å². The molecule has 3 rings (SSSR count). The van der Waals surface area contributed by atoms with Gasteiger partial charge in [0.05, 0.1) is 12.3 Å². The minimum absolute atomic E-state index is 0.127. The summed E-state index contributed by atoms with van der Waals surface area (Å²) < 4.78 is 5.88. The average Bonchev–Trinajstić information content (AvgIpc) is 2.68. The lowest BCUT2D eigenvalue weighted by Crippen LogP contribution is -2.24. The standard InChI is InChI=1S/C11H11NOS/c1-2-4-10-9(3-1)11(5-6-12-10)13-7-8-14-11/h1-4,6H,5,7-8H2. The largest absolute Gasteiger partial charge is 0.359 e. The number of nitrogens with zero attached hydrogens (tertiary/aromatic N) is 1. The van der Waals surface area contributed by atoms with Crippen molar-refractivity contribution in [2.75, 3.05) is 12.4 Å². The highest BCUT2D eigenvalue weighted by atomic mass is 32.2. The Bertz CT molecular complexity index is 383. The average molecular weight is 205 g/mol. The van der Waals surface area contributed by atoms with Gasteiger partial charge in [0.25, 0.3) is 0 Å². The molecule has 1 spiro atoms. The molecular weight excluding hydrogens is 194 g/mol. The van der Waals surface area contributed by atoms with Gasteiger partial charge in [-0.25, -0.2) is 0 Å². The lowest BCUT2D eigenvalue weighted by molar-refractivity contribution is 0.0554. The topological polar surface area (TPSA) is 21.6 Å². The van der Waals surface area contributed by atoms with Gasteiger partial charge in [-0.1, -0.05) is 18.2 Å². The zero-order valence-electron chi connectivity index (χ0n) is 7.77. The molecule has 0 saturated carbocycles. The molecular formula is C11H11NOS. The molecule has 1 saturated heterocycles. The number of benzene rings is 1. The summed E-state index contributed by atoms with van der Waals surface area (Å²) in [5.41, 5.74) is 2.30. The van der Waals surface area contributed by atoms with Gasteiger partial charge in [-0.15, -0.1) is 11.8 Å². The SMILES string of the molecule is C1=Nc2ccccc2C2(C1)OCCS2. The second kappa shape index (κ2) is 3.11. The predicted octanol–water partition coefficient (Wildman–Crippen LogP) is 2.71. The fourth-order valence-corrected chi connectivity index (χ4v) is 3.19. The minimum atomic E-state index is -0.127. The van der Waals surface area contributed by atoms with Crippen LogP contribution < -0.4 is 0 Å². The van der Waals surface area contributed by atoms with Crippen molar-refractivity contribution in [3.63, 3.8) is 0 Å². The molecule has 0 radical (unpaired) electrons. The molecule has 1 aromatic carbocycles. The number of rotatable bonds is 0. The zero-order valence-corrected chi connectivity index (χ0v) is 8.59. The van der Waals surface area contributed by atoms with Crippen molar-refractivity contribution in [2.24, 2.45) is 4.99 Å². The summed E-state index contributed by atoms with van der Waals surface area (Å²) in [5.74, 6) is 1.09. The lowest BCUT2D eigenvalue weighted by Gasteiger charge is -2.30. The quantitative estimate of drug-likeness (QED) is 0.649. The molecule has 0 amide bonds. The number of ether oxygens (including phenoxy) is 1. The van der Waals surface area contributed by atoms with Gasteiger partial charge in [0.2, 0.25) is 0 Å². The van der Waals surface area contributed by atoms with Gasteiger partial charge in [-0.2, -0.15) is 0 Å². The number of para-hydroxylation sites is 1. The summed E-state index contributed by atoms with van der Waals surface area (Å²) in [5, 5.41) is 0. The predicted molar refractivity (Wildman–Crippen MR) is 59.3 cm³/mol. The molecule has 14 heavy (non-hydrogen) atoms. The highest BCUT2D eigenvalue weighted by Crippen LogP contribution is 2.49. The van der Waals surface area contributed by atoms with Crippen LogP contribution in [0.1, 0.15) is 12.0 Å². The minimum Gasteiger partial charge on any atom is -0.359 e. The van der Waals surface area contributed by atoms with E-state index in [0.717, 1.165) is 24.5 Å². The van der Waals surface area contributed by atoms with Crippen LogP contribution in [0.25, 0.3) is 0 Å². The van der Waals surface area contributed by atoms with Crippen LogP contribution >= 0.6 is 11.8 Å². The molecule has 2 heterocycles. The van der Waals surface area contributed by atoms with Crippen LogP contribution in [0.5, 0.6) is 0 Å². The first kappa shape index (κ1) is 8.50. The van der Waals surface area contributed by atoms with Gasteiger partial charge in [0.1, 0.15) is 4.93 Å². The molecule has 2 aliphatic rings. The Balaban J connectivity index is 2.15. The molecule has 1 unspecified atom stereocenters. The zero-order chi connectivity index (χ0) is 9.43. The van der Waals surface area contributed by atoms with Crippen molar-refractivity contribution in [2.45, 2.75) is 11.4 Å². The molecule has 2 nitrogen and oxygen atoms in total. The van der Waals surface area contributed by atoms with Gasteiger partial charge >= 0.3 is 0 Å². The monoisotopic (exact) mass is 205 g/mol. The fraction of sp³-hybridized carbons (Fsp3) is 0.364. The smallest absolute Gasteiger partial charge is 0.146 e. The Labute approximate surface area is 87.4 Å². The van der Waals surface area contributed by atoms with Crippen molar-refractivity contribution in [1.29, 1.82) is 0 Å². The van der Waals surface area contributed by atoms with Gasteiger partial charge in [0, 0.05) is 24.0 Å². The van der Waals surface area contributed by atoms with Crippen LogP contribution in [0.2, 0.25) is 0 Å². The summed E-state index contributed by atoms with van der Waals surface area (Å²) in [7, 11) is 0. The Morgan fingerprint density at radius 1 is 1.36 bits per heavy atom. The molecule has 2 aliphatic heterocycles. The van der Waals surface area contributed by atoms with Crippen LogP contribution in [0.15, 0.2) is 29.3 Å². The van der Waals surface area contributed by atoms with Gasteiger partial charge < -0.3 is 4.74 Å². The van der Waals surface area contributed by atoms with E-state index >= 15 is 0 Å². The molecule has 0 bridgehead atoms. The maximum absolute atomic E-state index is 5.88. The maximum atomic E-state index is 5.88. The number of aliphatic imine (C=N–C) groups is 1. The molecule has 3 heteroatoms. The van der Waals surface area contributed by atoms with E-state index in [9.17, 15) is 0 Å². The summed E-state index contributed by atoms with van der Waals surface area (Å²) in [6.45, 7) is 0.854. The van der Waals surface area contributed by atoms with Gasteiger partial charge in [-0.05, 0) is 6.07 Å². The number of fused-ring (bicyclic) bond motifs is 2. The van der Waals surface area contributed by atoms with E-state index in [4.69, 9.17) is 4.74 Å². The van der Waals surface area contributed by atoms with Crippen LogP contribution in [0, 0.1) is 0 Å². The van der Waals surface area contributed by atoms with Crippen molar-refractivity contribution >= 4 is 23.7 Å². The second-order valence-electron chi connectivity index (χ2n) is 3.48. The normalized spacial score (nSPS) is 29.4. The van der Waals surface area contributed by atoms with E-state index in [1.165, 1.54) is 5.56 Å². The third kappa shape index (κ3) is 1.12. The van der Waals surface area contributed by atoms with Crippen LogP contribution in [0.4, 0.5) is 5.69 Å². The number of thioether (sulfide) groups is 1. The van der Waals surface area contributed by atoms with Crippen molar-refractivity contribution in [1.82, 2.24) is 0 Å². The summed E-state index contributed by atoms with van der Waals surface area (Å²) in [6, 6.07) is 8.26. The molecule has 0 N–H and O–H groups in total. The first-order valence-electron chi connectivity index (χ1n) is 4.81. The second-order valence-corrected chi connectivity index (χ2v) is 4.84. The molecule has 0 aliphatic carbocycles. The lowest BCUT2D eigenvalue weighted by atomic mass is 10.0. The first-order valence-corrected chi connectivity index (χ1v) is 5.79. The van der Waals surface area contributed by atoms with Crippen molar-refractivity contribution in [3.8, 4) is 0 Å². The van der Waals surface area contributed by atoms with Crippen LogP contribution in [-0.4, -0.2) is 18.6 Å². The maximum Gasteiger partial charge on any atom is 0.146 e. The molecule has 1 fully saturated rings. The summed E-state index contributed by atoms with van der Waals surface area (Å²) >= 11 is 1.89. The Kier molecular flexibility index (Phi) is 1.89. The van der Waals surface area contributed by atoms with Gasteiger partial charge in [-0.3, -0.25) is 4.99 Å². The van der Waals surface area contributed by atoms with Crippen LogP contribution in [0.3, 0.4) is 0 Å². The molecule has 0 aromatic heterocycles. The van der Waals surface area contributed by atoms with E-state index in [-0.39, 0.29) is 4.93 Å². The number of hydrogen-bond acceptors (Lipinski definition) is 3. The first-order chi connectivity index (χ1) is 6.91. The van der Waals surface area contributed by atoms with E-state index < -0.39 is 0 Å².